The molecule has 3 heterocycles. The van der Waals surface area contributed by atoms with Gasteiger partial charge in [-0.1, -0.05) is 152 Å². The normalized spacial score (nSPS) is 14.6. The second-order valence-corrected chi connectivity index (χ2v) is 14.5. The Kier molecular flexibility index (Phi) is 6.63. The van der Waals surface area contributed by atoms with Gasteiger partial charge in [0.2, 0.25) is 0 Å². The highest BCUT2D eigenvalue weighted by molar-refractivity contribution is 6.28. The zero-order valence-corrected chi connectivity index (χ0v) is 30.1. The quantitative estimate of drug-likeness (QED) is 0.184. The predicted molar refractivity (Wildman–Crippen MR) is 232 cm³/mol. The van der Waals surface area contributed by atoms with Gasteiger partial charge in [0.1, 0.15) is 17.6 Å². The molecule has 0 aliphatic carbocycles. The highest BCUT2D eigenvalue weighted by Crippen LogP contribution is 2.43. The summed E-state index contributed by atoms with van der Waals surface area (Å²) in [6, 6.07) is 64.4. The molecule has 262 valence electrons. The number of furan rings is 1. The monoisotopic (exact) mass is 716 g/mol. The molecule has 0 spiro atoms. The van der Waals surface area contributed by atoms with Gasteiger partial charge in [-0.25, -0.2) is 9.98 Å². The van der Waals surface area contributed by atoms with E-state index in [2.05, 4.69) is 162 Å². The van der Waals surface area contributed by atoms with Gasteiger partial charge in [-0.05, 0) is 68.2 Å². The van der Waals surface area contributed by atoms with E-state index in [1.54, 1.807) is 0 Å². The maximum atomic E-state index is 6.99. The van der Waals surface area contributed by atoms with E-state index in [9.17, 15) is 0 Å². The van der Waals surface area contributed by atoms with Crippen LogP contribution in [0.2, 0.25) is 0 Å². The molecule has 0 saturated heterocycles. The van der Waals surface area contributed by atoms with Gasteiger partial charge >= 0.3 is 0 Å². The fourth-order valence-electron chi connectivity index (χ4n) is 8.94. The van der Waals surface area contributed by atoms with Crippen molar-refractivity contribution in [3.63, 3.8) is 0 Å². The number of rotatable bonds is 4. The van der Waals surface area contributed by atoms with Crippen molar-refractivity contribution in [1.82, 2.24) is 9.88 Å². The molecule has 1 aliphatic rings. The molecule has 1 unspecified atom stereocenters. The van der Waals surface area contributed by atoms with Crippen LogP contribution >= 0.6 is 0 Å². The van der Waals surface area contributed by atoms with Gasteiger partial charge in [0.05, 0.1) is 11.0 Å². The van der Waals surface area contributed by atoms with E-state index in [-0.39, 0.29) is 6.17 Å². The molecule has 1 atom stereocenters. The zero-order valence-electron chi connectivity index (χ0n) is 30.1. The molecule has 56 heavy (non-hydrogen) atoms. The number of benzene rings is 9. The summed E-state index contributed by atoms with van der Waals surface area (Å²) >= 11 is 0. The zero-order chi connectivity index (χ0) is 36.7. The molecule has 5 heteroatoms. The summed E-state index contributed by atoms with van der Waals surface area (Å²) in [5.74, 6) is 1.45. The minimum absolute atomic E-state index is 0.303. The number of fused-ring (bicyclic) bond motifs is 13. The van der Waals surface area contributed by atoms with Crippen molar-refractivity contribution in [1.29, 1.82) is 0 Å². The number of aromatic nitrogens is 1. The van der Waals surface area contributed by atoms with Crippen LogP contribution in [0.3, 0.4) is 0 Å². The fraction of sp³-hybridized carbons (Fsp3) is 0.0196. The van der Waals surface area contributed by atoms with Crippen LogP contribution in [0.5, 0.6) is 0 Å². The van der Waals surface area contributed by atoms with Crippen LogP contribution in [0.1, 0.15) is 22.9 Å². The Hall–Kier alpha value is -7.50. The fourth-order valence-corrected chi connectivity index (χ4v) is 8.94. The molecule has 1 N–H and O–H groups in total. The third-order valence-electron chi connectivity index (χ3n) is 11.4. The average molecular weight is 717 g/mol. The number of nitrogens with one attached hydrogen (secondary N) is 1. The molecule has 0 bridgehead atoms. The van der Waals surface area contributed by atoms with Crippen LogP contribution < -0.4 is 5.32 Å². The van der Waals surface area contributed by atoms with E-state index in [1.165, 1.54) is 37.7 Å². The molecule has 2 aromatic heterocycles. The first-order valence-corrected chi connectivity index (χ1v) is 19.0. The molecule has 0 fully saturated rings. The Morgan fingerprint density at radius 1 is 0.500 bits per heavy atom. The van der Waals surface area contributed by atoms with Crippen molar-refractivity contribution in [3.8, 4) is 5.69 Å². The summed E-state index contributed by atoms with van der Waals surface area (Å²) in [7, 11) is 0. The topological polar surface area (TPSA) is 54.8 Å². The van der Waals surface area contributed by atoms with Crippen molar-refractivity contribution in [2.45, 2.75) is 6.17 Å². The van der Waals surface area contributed by atoms with Crippen molar-refractivity contribution in [3.05, 3.63) is 199 Å². The van der Waals surface area contributed by atoms with Crippen molar-refractivity contribution >= 4 is 87.7 Å². The minimum Gasteiger partial charge on any atom is -0.454 e. The van der Waals surface area contributed by atoms with E-state index in [4.69, 9.17) is 14.4 Å². The molecular formula is C51H32N4O. The van der Waals surface area contributed by atoms with E-state index in [0.29, 0.717) is 5.84 Å². The van der Waals surface area contributed by atoms with Gasteiger partial charge < -0.3 is 14.3 Å². The van der Waals surface area contributed by atoms with Gasteiger partial charge in [0, 0.05) is 38.4 Å². The van der Waals surface area contributed by atoms with Crippen LogP contribution in [0.15, 0.2) is 196 Å². The van der Waals surface area contributed by atoms with Gasteiger partial charge in [-0.2, -0.15) is 0 Å². The van der Waals surface area contributed by atoms with Crippen molar-refractivity contribution < 1.29 is 4.42 Å². The molecule has 11 aromatic rings. The van der Waals surface area contributed by atoms with E-state index < -0.39 is 0 Å². The lowest BCUT2D eigenvalue weighted by Gasteiger charge is -2.23. The summed E-state index contributed by atoms with van der Waals surface area (Å²) in [5.41, 5.74) is 7.90. The van der Waals surface area contributed by atoms with Gasteiger partial charge in [-0.3, -0.25) is 0 Å². The van der Waals surface area contributed by atoms with Crippen LogP contribution in [-0.2, 0) is 0 Å². The number of hydrogen-bond donors (Lipinski definition) is 1. The average Bonchev–Trinajstić information content (AvgIpc) is 3.83. The second-order valence-electron chi connectivity index (χ2n) is 14.5. The summed E-state index contributed by atoms with van der Waals surface area (Å²) in [6.07, 6.45) is -0.303. The first-order chi connectivity index (χ1) is 27.8. The first-order valence-electron chi connectivity index (χ1n) is 19.0. The first kappa shape index (κ1) is 30.9. The summed E-state index contributed by atoms with van der Waals surface area (Å²) in [4.78, 5) is 10.4. The number of para-hydroxylation sites is 1. The molecule has 12 rings (SSSR count). The Labute approximate surface area is 321 Å². The summed E-state index contributed by atoms with van der Waals surface area (Å²) in [5, 5.41) is 15.5. The molecule has 0 saturated carbocycles. The smallest absolute Gasteiger partial charge is 0.160 e. The Balaban J connectivity index is 1.13. The van der Waals surface area contributed by atoms with Gasteiger partial charge in [0.15, 0.2) is 11.4 Å². The second kappa shape index (κ2) is 12.0. The Morgan fingerprint density at radius 2 is 1.11 bits per heavy atom. The third-order valence-corrected chi connectivity index (χ3v) is 11.4. The highest BCUT2D eigenvalue weighted by atomic mass is 16.3. The third kappa shape index (κ3) is 4.55. The molecule has 1 aliphatic heterocycles. The van der Waals surface area contributed by atoms with Crippen LogP contribution in [-0.4, -0.2) is 16.2 Å². The lowest BCUT2D eigenvalue weighted by molar-refractivity contribution is 0.670. The molecule has 0 amide bonds. The number of aliphatic imine (C=N–C) groups is 2. The van der Waals surface area contributed by atoms with Crippen LogP contribution in [0.25, 0.3) is 81.7 Å². The molecule has 5 nitrogen and oxygen atoms in total. The largest absolute Gasteiger partial charge is 0.454 e. The SMILES string of the molecule is c1ccc(C2=NC(c3cccc4oc5c(ccc6c7ccccc7n(-c7ccc8c9ccccc9c9ccccc9c8c7)c65)c34)=NC(c3ccccc3)N2)cc1. The standard InChI is InChI=1S/C51H32N4O/c1-3-14-31(15-4-1)49-52-50(32-16-5-2-6-17-32)54-51(53-49)42-23-13-25-45-46(42)41-29-28-40-39-22-11-12-24-44(39)55(47(40)48(41)56-45)33-26-27-38-36-20-8-7-18-34(36)35-19-9-10-21-37(35)43(38)30-33/h1-30,49H,(H,52,53,54). The van der Waals surface area contributed by atoms with Crippen LogP contribution in [0, 0.1) is 0 Å². The summed E-state index contributed by atoms with van der Waals surface area (Å²) in [6.45, 7) is 0. The van der Waals surface area contributed by atoms with Gasteiger partial charge in [-0.15, -0.1) is 0 Å². The Bertz CT molecular complexity index is 3410. The highest BCUT2D eigenvalue weighted by Gasteiger charge is 2.25. The van der Waals surface area contributed by atoms with Crippen molar-refractivity contribution in [2.75, 3.05) is 0 Å². The summed E-state index contributed by atoms with van der Waals surface area (Å²) < 4.78 is 9.37. The lowest BCUT2D eigenvalue weighted by atomic mass is 9.94. The Morgan fingerprint density at radius 3 is 1.86 bits per heavy atom. The minimum atomic E-state index is -0.303. The molecule has 9 aromatic carbocycles. The van der Waals surface area contributed by atoms with E-state index in [1.807, 2.05) is 30.3 Å². The van der Waals surface area contributed by atoms with E-state index in [0.717, 1.165) is 66.6 Å². The lowest BCUT2D eigenvalue weighted by Crippen LogP contribution is -2.33. The maximum absolute atomic E-state index is 6.99. The van der Waals surface area contributed by atoms with E-state index >= 15 is 0 Å². The number of amidine groups is 2. The van der Waals surface area contributed by atoms with Crippen molar-refractivity contribution in [2.24, 2.45) is 9.98 Å². The maximum Gasteiger partial charge on any atom is 0.160 e. The molecular weight excluding hydrogens is 685 g/mol. The van der Waals surface area contributed by atoms with Crippen LogP contribution in [0.4, 0.5) is 0 Å². The molecule has 0 radical (unpaired) electrons. The van der Waals surface area contributed by atoms with Gasteiger partial charge in [0.25, 0.3) is 0 Å². The number of nitrogens with zero attached hydrogens (tertiary/aromatic N) is 3. The predicted octanol–water partition coefficient (Wildman–Crippen LogP) is 12.6. The number of hydrogen-bond acceptors (Lipinski definition) is 4.